The van der Waals surface area contributed by atoms with Gasteiger partial charge < -0.3 is 5.32 Å². The van der Waals surface area contributed by atoms with Gasteiger partial charge >= 0.3 is 0 Å². The molecule has 0 bridgehead atoms. The molecule has 0 fully saturated rings. The Balaban J connectivity index is 1.93. The molecule has 1 amide bonds. The monoisotopic (exact) mass is 269 g/mol. The van der Waals surface area contributed by atoms with Gasteiger partial charge in [0.05, 0.1) is 22.6 Å². The standard InChI is InChI=1S/C14H15N5O/c1-9-13(10(2)18(3)16-9)15-14(20)12-8-11-6-4-5-7-19(11)17-12/h4-8H,1-3H3,(H,15,20). The van der Waals surface area contributed by atoms with Crippen LogP contribution in [-0.2, 0) is 7.05 Å². The summed E-state index contributed by atoms with van der Waals surface area (Å²) in [5.74, 6) is -0.229. The van der Waals surface area contributed by atoms with Crippen LogP contribution in [0.4, 0.5) is 5.69 Å². The highest BCUT2D eigenvalue weighted by Gasteiger charge is 2.16. The van der Waals surface area contributed by atoms with E-state index in [1.165, 1.54) is 0 Å². The van der Waals surface area contributed by atoms with Crippen molar-refractivity contribution in [2.45, 2.75) is 13.8 Å². The lowest BCUT2D eigenvalue weighted by Crippen LogP contribution is -2.14. The van der Waals surface area contributed by atoms with Gasteiger partial charge in [0.1, 0.15) is 0 Å². The second kappa shape index (κ2) is 4.48. The lowest BCUT2D eigenvalue weighted by atomic mass is 10.3. The summed E-state index contributed by atoms with van der Waals surface area (Å²) in [7, 11) is 1.85. The van der Waals surface area contributed by atoms with Crippen LogP contribution in [-0.4, -0.2) is 25.3 Å². The van der Waals surface area contributed by atoms with Crippen LogP contribution in [0, 0.1) is 13.8 Å². The van der Waals surface area contributed by atoms with Crippen molar-refractivity contribution in [3.63, 3.8) is 0 Å². The molecule has 3 rings (SSSR count). The van der Waals surface area contributed by atoms with Gasteiger partial charge in [-0.3, -0.25) is 9.48 Å². The van der Waals surface area contributed by atoms with Gasteiger partial charge in [-0.05, 0) is 32.0 Å². The second-order valence-electron chi connectivity index (χ2n) is 4.72. The summed E-state index contributed by atoms with van der Waals surface area (Å²) in [6.45, 7) is 3.78. The Hall–Kier alpha value is -2.63. The Morgan fingerprint density at radius 1 is 1.25 bits per heavy atom. The summed E-state index contributed by atoms with van der Waals surface area (Å²) < 4.78 is 3.42. The van der Waals surface area contributed by atoms with E-state index >= 15 is 0 Å². The van der Waals surface area contributed by atoms with Gasteiger partial charge in [0, 0.05) is 13.2 Å². The first-order valence-electron chi connectivity index (χ1n) is 6.32. The average molecular weight is 269 g/mol. The number of carbonyl (C=O) groups excluding carboxylic acids is 1. The molecule has 6 nitrogen and oxygen atoms in total. The minimum absolute atomic E-state index is 0.229. The van der Waals surface area contributed by atoms with Crippen LogP contribution in [0.5, 0.6) is 0 Å². The van der Waals surface area contributed by atoms with Crippen molar-refractivity contribution in [2.24, 2.45) is 7.05 Å². The first kappa shape index (κ1) is 12.4. The first-order chi connectivity index (χ1) is 9.56. The van der Waals surface area contributed by atoms with Crippen LogP contribution in [0.15, 0.2) is 30.5 Å². The van der Waals surface area contributed by atoms with Crippen molar-refractivity contribution in [1.82, 2.24) is 19.4 Å². The fourth-order valence-electron chi connectivity index (χ4n) is 2.18. The van der Waals surface area contributed by atoms with E-state index in [-0.39, 0.29) is 5.91 Å². The number of nitrogens with zero attached hydrogens (tertiary/aromatic N) is 4. The molecule has 1 N–H and O–H groups in total. The number of aryl methyl sites for hydroxylation is 2. The molecule has 0 unspecified atom stereocenters. The first-order valence-corrected chi connectivity index (χ1v) is 6.32. The number of aromatic nitrogens is 4. The number of nitrogens with one attached hydrogen (secondary N) is 1. The van der Waals surface area contributed by atoms with Crippen LogP contribution in [0.2, 0.25) is 0 Å². The second-order valence-corrected chi connectivity index (χ2v) is 4.72. The Bertz CT molecular complexity index is 766. The topological polar surface area (TPSA) is 64.2 Å². The van der Waals surface area contributed by atoms with Crippen LogP contribution in [0.3, 0.4) is 0 Å². The molecule has 0 saturated heterocycles. The zero-order valence-corrected chi connectivity index (χ0v) is 11.6. The molecule has 0 atom stereocenters. The van der Waals surface area contributed by atoms with Crippen molar-refractivity contribution < 1.29 is 4.79 Å². The lowest BCUT2D eigenvalue weighted by Gasteiger charge is -2.03. The molecule has 20 heavy (non-hydrogen) atoms. The number of rotatable bonds is 2. The van der Waals surface area contributed by atoms with Crippen LogP contribution in [0.1, 0.15) is 21.9 Å². The van der Waals surface area contributed by atoms with Gasteiger partial charge in [-0.2, -0.15) is 10.2 Å². The molecule has 3 heterocycles. The van der Waals surface area contributed by atoms with Crippen molar-refractivity contribution in [3.05, 3.63) is 47.5 Å². The Labute approximate surface area is 116 Å². The molecule has 0 saturated carbocycles. The van der Waals surface area contributed by atoms with E-state index < -0.39 is 0 Å². The van der Waals surface area contributed by atoms with Crippen LogP contribution >= 0.6 is 0 Å². The molecule has 0 spiro atoms. The summed E-state index contributed by atoms with van der Waals surface area (Å²) >= 11 is 0. The number of carbonyl (C=O) groups is 1. The summed E-state index contributed by atoms with van der Waals surface area (Å²) in [6, 6.07) is 7.45. The quantitative estimate of drug-likeness (QED) is 0.773. The number of fused-ring (bicyclic) bond motifs is 1. The van der Waals surface area contributed by atoms with Gasteiger partial charge in [0.25, 0.3) is 5.91 Å². The van der Waals surface area contributed by atoms with Crippen LogP contribution < -0.4 is 5.32 Å². The smallest absolute Gasteiger partial charge is 0.276 e. The number of hydrogen-bond acceptors (Lipinski definition) is 3. The third-order valence-corrected chi connectivity index (χ3v) is 3.35. The molecule has 102 valence electrons. The van der Waals surface area contributed by atoms with Gasteiger partial charge in [-0.25, -0.2) is 4.52 Å². The zero-order chi connectivity index (χ0) is 14.3. The van der Waals surface area contributed by atoms with Crippen molar-refractivity contribution >= 4 is 17.1 Å². The summed E-state index contributed by atoms with van der Waals surface area (Å²) in [5.41, 5.74) is 3.73. The van der Waals surface area contributed by atoms with E-state index in [1.807, 2.05) is 45.3 Å². The Morgan fingerprint density at radius 2 is 2.05 bits per heavy atom. The molecule has 0 aliphatic carbocycles. The maximum atomic E-state index is 12.3. The van der Waals surface area contributed by atoms with Crippen molar-refractivity contribution in [1.29, 1.82) is 0 Å². The molecule has 6 heteroatoms. The predicted molar refractivity (Wildman–Crippen MR) is 75.8 cm³/mol. The minimum atomic E-state index is -0.229. The average Bonchev–Trinajstić information content (AvgIpc) is 2.95. The summed E-state index contributed by atoms with van der Waals surface area (Å²) in [4.78, 5) is 12.3. The Kier molecular flexibility index (Phi) is 2.78. The van der Waals surface area contributed by atoms with E-state index in [0.717, 1.165) is 22.6 Å². The maximum Gasteiger partial charge on any atom is 0.276 e. The fourth-order valence-corrected chi connectivity index (χ4v) is 2.18. The van der Waals surface area contributed by atoms with E-state index in [9.17, 15) is 4.79 Å². The SMILES string of the molecule is Cc1nn(C)c(C)c1NC(=O)c1cc2ccccn2n1. The molecule has 3 aromatic rings. The third-order valence-electron chi connectivity index (χ3n) is 3.35. The minimum Gasteiger partial charge on any atom is -0.317 e. The molecule has 0 aliphatic heterocycles. The summed E-state index contributed by atoms with van der Waals surface area (Å²) in [5, 5.41) is 11.4. The van der Waals surface area contributed by atoms with Crippen LogP contribution in [0.25, 0.3) is 5.52 Å². The highest BCUT2D eigenvalue weighted by Crippen LogP contribution is 2.19. The van der Waals surface area contributed by atoms with E-state index in [0.29, 0.717) is 5.69 Å². The molecule has 3 aromatic heterocycles. The van der Waals surface area contributed by atoms with E-state index in [4.69, 9.17) is 0 Å². The summed E-state index contributed by atoms with van der Waals surface area (Å²) in [6.07, 6.45) is 1.81. The predicted octanol–water partition coefficient (Wildman–Crippen LogP) is 1.94. The third kappa shape index (κ3) is 1.95. The molecular weight excluding hydrogens is 254 g/mol. The van der Waals surface area contributed by atoms with Gasteiger partial charge in [-0.15, -0.1) is 0 Å². The highest BCUT2D eigenvalue weighted by atomic mass is 16.2. The molecule has 0 radical (unpaired) electrons. The lowest BCUT2D eigenvalue weighted by molar-refractivity contribution is 0.102. The van der Waals surface area contributed by atoms with Crippen molar-refractivity contribution in [2.75, 3.05) is 5.32 Å². The molecule has 0 aromatic carbocycles. The van der Waals surface area contributed by atoms with Gasteiger partial charge in [-0.1, -0.05) is 6.07 Å². The molecule has 0 aliphatic rings. The fraction of sp³-hybridized carbons (Fsp3) is 0.214. The largest absolute Gasteiger partial charge is 0.317 e. The number of anilines is 1. The normalized spacial score (nSPS) is 10.9. The highest BCUT2D eigenvalue weighted by molar-refractivity contribution is 6.04. The Morgan fingerprint density at radius 3 is 2.70 bits per heavy atom. The van der Waals surface area contributed by atoms with Crippen molar-refractivity contribution in [3.8, 4) is 0 Å². The number of amides is 1. The molecular formula is C14H15N5O. The van der Waals surface area contributed by atoms with Gasteiger partial charge in [0.15, 0.2) is 5.69 Å². The van der Waals surface area contributed by atoms with Gasteiger partial charge in [0.2, 0.25) is 0 Å². The maximum absolute atomic E-state index is 12.3. The number of hydrogen-bond donors (Lipinski definition) is 1. The number of pyridine rings is 1. The van der Waals surface area contributed by atoms with E-state index in [2.05, 4.69) is 15.5 Å². The zero-order valence-electron chi connectivity index (χ0n) is 11.6. The van der Waals surface area contributed by atoms with E-state index in [1.54, 1.807) is 15.3 Å².